The molecule has 1 atom stereocenters. The third-order valence-corrected chi connectivity index (χ3v) is 1.75. The number of likely N-dealkylation sites (N-methyl/N-ethyl adjacent to an activating group) is 1. The van der Waals surface area contributed by atoms with Gasteiger partial charge in [-0.3, -0.25) is 4.79 Å². The first-order valence-corrected chi connectivity index (χ1v) is 3.93. The van der Waals surface area contributed by atoms with Crippen LogP contribution in [-0.4, -0.2) is 38.6 Å². The first-order chi connectivity index (χ1) is 5.34. The minimum absolute atomic E-state index is 0.0133. The topological polar surface area (TPSA) is 55.2 Å². The van der Waals surface area contributed by atoms with E-state index in [0.717, 1.165) is 19.5 Å². The molecule has 4 heteroatoms. The number of hydrogen-bond donors (Lipinski definition) is 2. The van der Waals surface area contributed by atoms with Gasteiger partial charge in [-0.1, -0.05) is 0 Å². The highest BCUT2D eigenvalue weighted by Crippen LogP contribution is 1.90. The van der Waals surface area contributed by atoms with E-state index in [9.17, 15) is 4.79 Å². The third-order valence-electron chi connectivity index (χ3n) is 1.75. The second-order valence-electron chi connectivity index (χ2n) is 2.59. The van der Waals surface area contributed by atoms with Crippen LogP contribution in [0.2, 0.25) is 0 Å². The number of nitrogens with zero attached hydrogens (tertiary/aromatic N) is 1. The molecule has 1 amide bonds. The number of carbonyl (C=O) groups is 1. The van der Waals surface area contributed by atoms with Crippen molar-refractivity contribution in [3.05, 3.63) is 0 Å². The van der Waals surface area contributed by atoms with Crippen LogP contribution in [-0.2, 0) is 4.79 Å². The fourth-order valence-electron chi connectivity index (χ4n) is 1.10. The average Bonchev–Trinajstić information content (AvgIpc) is 2.30. The molecule has 11 heavy (non-hydrogen) atoms. The van der Waals surface area contributed by atoms with E-state index in [-0.39, 0.29) is 11.9 Å². The van der Waals surface area contributed by atoms with Crippen molar-refractivity contribution in [1.82, 2.24) is 16.0 Å². The lowest BCUT2D eigenvalue weighted by Crippen LogP contribution is -2.43. The van der Waals surface area contributed by atoms with Gasteiger partial charge >= 0.3 is 0 Å². The molecule has 1 saturated heterocycles. The monoisotopic (exact) mass is 156 g/mol. The smallest absolute Gasteiger partial charge is 0.239 e. The van der Waals surface area contributed by atoms with Crippen LogP contribution >= 0.6 is 0 Å². The molecule has 1 fully saturated rings. The van der Waals surface area contributed by atoms with E-state index in [1.165, 1.54) is 0 Å². The van der Waals surface area contributed by atoms with Crippen molar-refractivity contribution in [2.45, 2.75) is 12.5 Å². The van der Waals surface area contributed by atoms with Crippen molar-refractivity contribution in [2.24, 2.45) is 0 Å². The zero-order chi connectivity index (χ0) is 8.10. The van der Waals surface area contributed by atoms with E-state index in [2.05, 4.69) is 16.0 Å². The van der Waals surface area contributed by atoms with Crippen LogP contribution in [0.1, 0.15) is 6.42 Å². The first-order valence-electron chi connectivity index (χ1n) is 3.93. The molecule has 2 N–H and O–H groups in total. The van der Waals surface area contributed by atoms with Crippen LogP contribution in [0.15, 0.2) is 0 Å². The van der Waals surface area contributed by atoms with E-state index in [0.29, 0.717) is 6.54 Å². The number of amides is 1. The standard InChI is InChI=1S/C7H14N3O/c1-8-7(11)6-5-9-3-2-4-10-6/h6,9H,2-5H2,1H3,(H,8,11). The second kappa shape index (κ2) is 4.31. The number of nitrogens with one attached hydrogen (secondary N) is 2. The van der Waals surface area contributed by atoms with E-state index >= 15 is 0 Å². The SMILES string of the molecule is CNC(=O)C1CNCCC[N]1. The molecule has 0 aromatic rings. The lowest BCUT2D eigenvalue weighted by molar-refractivity contribution is -0.122. The van der Waals surface area contributed by atoms with Crippen LogP contribution in [0.25, 0.3) is 0 Å². The van der Waals surface area contributed by atoms with Gasteiger partial charge in [0.15, 0.2) is 0 Å². The van der Waals surface area contributed by atoms with Gasteiger partial charge in [-0.2, -0.15) is 0 Å². The molecular formula is C7H14N3O. The maximum atomic E-state index is 11.1. The van der Waals surface area contributed by atoms with E-state index in [4.69, 9.17) is 0 Å². The van der Waals surface area contributed by atoms with Gasteiger partial charge in [0, 0.05) is 20.1 Å². The minimum atomic E-state index is -0.178. The van der Waals surface area contributed by atoms with Gasteiger partial charge in [-0.15, -0.1) is 0 Å². The molecule has 0 aliphatic carbocycles. The van der Waals surface area contributed by atoms with Gasteiger partial charge in [0.05, 0.1) is 0 Å². The normalized spacial score (nSPS) is 25.7. The van der Waals surface area contributed by atoms with Crippen molar-refractivity contribution >= 4 is 5.91 Å². The van der Waals surface area contributed by atoms with Gasteiger partial charge in [-0.25, -0.2) is 5.32 Å². The summed E-state index contributed by atoms with van der Waals surface area (Å²) in [5, 5.41) is 9.97. The van der Waals surface area contributed by atoms with E-state index in [1.54, 1.807) is 7.05 Å². The summed E-state index contributed by atoms with van der Waals surface area (Å²) in [6.07, 6.45) is 1.04. The molecule has 1 aliphatic heterocycles. The van der Waals surface area contributed by atoms with Crippen LogP contribution in [0.4, 0.5) is 0 Å². The Morgan fingerprint density at radius 2 is 2.55 bits per heavy atom. The third kappa shape index (κ3) is 2.48. The summed E-state index contributed by atoms with van der Waals surface area (Å²) in [6, 6.07) is -0.178. The minimum Gasteiger partial charge on any atom is -0.358 e. The zero-order valence-electron chi connectivity index (χ0n) is 6.76. The highest BCUT2D eigenvalue weighted by atomic mass is 16.2. The molecule has 1 radical (unpaired) electrons. The van der Waals surface area contributed by atoms with Crippen LogP contribution in [0.3, 0.4) is 0 Å². The molecule has 1 aliphatic rings. The van der Waals surface area contributed by atoms with Crippen LogP contribution in [0.5, 0.6) is 0 Å². The first kappa shape index (κ1) is 8.49. The van der Waals surface area contributed by atoms with Crippen molar-refractivity contribution in [3.63, 3.8) is 0 Å². The highest BCUT2D eigenvalue weighted by molar-refractivity contribution is 5.81. The number of rotatable bonds is 1. The quantitative estimate of drug-likeness (QED) is 0.496. The largest absolute Gasteiger partial charge is 0.358 e. The Kier molecular flexibility index (Phi) is 3.32. The fourth-order valence-corrected chi connectivity index (χ4v) is 1.10. The summed E-state index contributed by atoms with van der Waals surface area (Å²) < 4.78 is 0. The molecule has 63 valence electrons. The van der Waals surface area contributed by atoms with Gasteiger partial charge in [0.2, 0.25) is 5.91 Å². The van der Waals surface area contributed by atoms with Crippen molar-refractivity contribution in [1.29, 1.82) is 0 Å². The Bertz CT molecular complexity index is 130. The van der Waals surface area contributed by atoms with Gasteiger partial charge in [0.25, 0.3) is 0 Å². The molecular weight excluding hydrogens is 142 g/mol. The average molecular weight is 156 g/mol. The van der Waals surface area contributed by atoms with Crippen molar-refractivity contribution in [3.8, 4) is 0 Å². The van der Waals surface area contributed by atoms with Gasteiger partial charge < -0.3 is 10.6 Å². The maximum absolute atomic E-state index is 11.1. The summed E-state index contributed by atoms with van der Waals surface area (Å²) in [5.74, 6) is 0.0133. The molecule has 0 spiro atoms. The fraction of sp³-hybridized carbons (Fsp3) is 0.857. The van der Waals surface area contributed by atoms with Gasteiger partial charge in [-0.05, 0) is 13.0 Å². The Balaban J connectivity index is 2.36. The molecule has 1 heterocycles. The van der Waals surface area contributed by atoms with Crippen molar-refractivity contribution in [2.75, 3.05) is 26.7 Å². The van der Waals surface area contributed by atoms with Crippen LogP contribution in [0, 0.1) is 0 Å². The summed E-state index contributed by atoms with van der Waals surface area (Å²) >= 11 is 0. The predicted octanol–water partition coefficient (Wildman–Crippen LogP) is -1.30. The molecule has 0 bridgehead atoms. The molecule has 1 rings (SSSR count). The Hall–Kier alpha value is -0.610. The molecule has 0 saturated carbocycles. The summed E-state index contributed by atoms with van der Waals surface area (Å²) in [4.78, 5) is 11.1. The highest BCUT2D eigenvalue weighted by Gasteiger charge is 2.18. The molecule has 0 aromatic carbocycles. The van der Waals surface area contributed by atoms with Crippen LogP contribution < -0.4 is 16.0 Å². The lowest BCUT2D eigenvalue weighted by atomic mass is 10.3. The lowest BCUT2D eigenvalue weighted by Gasteiger charge is -2.11. The summed E-state index contributed by atoms with van der Waals surface area (Å²) in [5.41, 5.74) is 0. The Morgan fingerprint density at radius 3 is 3.27 bits per heavy atom. The second-order valence-corrected chi connectivity index (χ2v) is 2.59. The van der Waals surface area contributed by atoms with E-state index < -0.39 is 0 Å². The Morgan fingerprint density at radius 1 is 1.73 bits per heavy atom. The number of hydrogen-bond acceptors (Lipinski definition) is 2. The molecule has 4 nitrogen and oxygen atoms in total. The Labute approximate surface area is 66.7 Å². The summed E-state index contributed by atoms with van der Waals surface area (Å²) in [6.45, 7) is 2.45. The maximum Gasteiger partial charge on any atom is 0.239 e. The van der Waals surface area contributed by atoms with E-state index in [1.807, 2.05) is 0 Å². The van der Waals surface area contributed by atoms with Crippen molar-refractivity contribution < 1.29 is 4.79 Å². The van der Waals surface area contributed by atoms with Gasteiger partial charge in [0.1, 0.15) is 6.04 Å². The number of carbonyl (C=O) groups excluding carboxylic acids is 1. The molecule has 0 aromatic heterocycles. The predicted molar refractivity (Wildman–Crippen MR) is 42.3 cm³/mol. The zero-order valence-corrected chi connectivity index (χ0v) is 6.76. The molecule has 1 unspecified atom stereocenters. The summed E-state index contributed by atoms with van der Waals surface area (Å²) in [7, 11) is 1.64.